The summed E-state index contributed by atoms with van der Waals surface area (Å²) in [6.45, 7) is 2.69. The van der Waals surface area contributed by atoms with Crippen LogP contribution >= 0.6 is 7.82 Å². The maximum Gasteiger partial charge on any atom is 0.475 e. The Hall–Kier alpha value is -0.710. The first-order chi connectivity index (χ1) is 8.70. The summed E-state index contributed by atoms with van der Waals surface area (Å²) in [7, 11) is -1.95. The van der Waals surface area contributed by atoms with Gasteiger partial charge in [0, 0.05) is 7.11 Å². The molecule has 0 amide bonds. The lowest BCUT2D eigenvalue weighted by Crippen LogP contribution is -2.05. The summed E-state index contributed by atoms with van der Waals surface area (Å²) >= 11 is 0. The lowest BCUT2D eigenvalue weighted by molar-refractivity contribution is 0.0823. The molecule has 0 radical (unpaired) electrons. The Bertz CT molecular complexity index is 368. The van der Waals surface area contributed by atoms with Gasteiger partial charge in [-0.05, 0) is 12.5 Å². The first-order valence-electron chi connectivity index (χ1n) is 5.76. The van der Waals surface area contributed by atoms with Gasteiger partial charge < -0.3 is 4.74 Å². The van der Waals surface area contributed by atoms with E-state index >= 15 is 0 Å². The second kappa shape index (κ2) is 8.40. The van der Waals surface area contributed by atoms with Gasteiger partial charge in [-0.25, -0.2) is 4.57 Å². The molecular weight excluding hydrogens is 255 g/mol. The lowest BCUT2D eigenvalue weighted by atomic mass is 10.2. The van der Waals surface area contributed by atoms with Gasteiger partial charge in [-0.2, -0.15) is 0 Å². The molecule has 0 N–H and O–H groups in total. The molecule has 0 fully saturated rings. The summed E-state index contributed by atoms with van der Waals surface area (Å²) in [5, 5.41) is 0. The third kappa shape index (κ3) is 5.76. The summed E-state index contributed by atoms with van der Waals surface area (Å²) in [4.78, 5) is 0. The third-order valence-corrected chi connectivity index (χ3v) is 3.57. The van der Waals surface area contributed by atoms with Gasteiger partial charge in [0.25, 0.3) is 0 Å². The molecule has 18 heavy (non-hydrogen) atoms. The molecule has 0 saturated carbocycles. The van der Waals surface area contributed by atoms with Gasteiger partial charge in [0.2, 0.25) is 0 Å². The van der Waals surface area contributed by atoms with Crippen molar-refractivity contribution in [3.63, 3.8) is 0 Å². The molecule has 6 heteroatoms. The third-order valence-electron chi connectivity index (χ3n) is 2.06. The molecule has 1 atom stereocenters. The molecule has 1 rings (SSSR count). The largest absolute Gasteiger partial charge is 0.475 e. The Labute approximate surface area is 108 Å². The van der Waals surface area contributed by atoms with E-state index in [2.05, 4.69) is 0 Å². The molecule has 1 aromatic carbocycles. The molecule has 0 aromatic heterocycles. The SMILES string of the molecule is CCOP(=O)(OCCOC)OCc1ccccc1. The van der Waals surface area contributed by atoms with Gasteiger partial charge in [0.1, 0.15) is 0 Å². The molecular formula is C12H19O5P. The van der Waals surface area contributed by atoms with Crippen LogP contribution < -0.4 is 0 Å². The van der Waals surface area contributed by atoms with Crippen molar-refractivity contribution in [2.45, 2.75) is 13.5 Å². The first-order valence-corrected chi connectivity index (χ1v) is 7.23. The van der Waals surface area contributed by atoms with Crippen LogP contribution in [0.5, 0.6) is 0 Å². The molecule has 0 aliphatic rings. The normalized spacial score (nSPS) is 14.3. The van der Waals surface area contributed by atoms with Crippen molar-refractivity contribution in [2.24, 2.45) is 0 Å². The van der Waals surface area contributed by atoms with E-state index < -0.39 is 7.82 Å². The second-order valence-electron chi connectivity index (χ2n) is 3.45. The van der Waals surface area contributed by atoms with E-state index in [1.807, 2.05) is 30.3 Å². The van der Waals surface area contributed by atoms with E-state index in [0.717, 1.165) is 5.56 Å². The molecule has 0 bridgehead atoms. The fourth-order valence-corrected chi connectivity index (χ4v) is 2.38. The predicted octanol–water partition coefficient (Wildman–Crippen LogP) is 3.01. The zero-order chi connectivity index (χ0) is 13.3. The molecule has 1 aromatic rings. The van der Waals surface area contributed by atoms with E-state index in [1.54, 1.807) is 14.0 Å². The maximum absolute atomic E-state index is 12.1. The standard InChI is InChI=1S/C12H19O5P/c1-3-15-18(13,16-10-9-14-2)17-11-12-7-5-4-6-8-12/h4-8H,3,9-11H2,1-2H3. The summed E-state index contributed by atoms with van der Waals surface area (Å²) < 4.78 is 32.4. The van der Waals surface area contributed by atoms with Crippen molar-refractivity contribution < 1.29 is 22.9 Å². The molecule has 5 nitrogen and oxygen atoms in total. The summed E-state index contributed by atoms with van der Waals surface area (Å²) in [6, 6.07) is 9.43. The fraction of sp³-hybridized carbons (Fsp3) is 0.500. The minimum absolute atomic E-state index is 0.169. The number of phosphoric acid groups is 1. The number of phosphoric ester groups is 1. The number of methoxy groups -OCH3 is 1. The van der Waals surface area contributed by atoms with Crippen LogP contribution in [0.15, 0.2) is 30.3 Å². The van der Waals surface area contributed by atoms with Crippen LogP contribution in [0.2, 0.25) is 0 Å². The van der Waals surface area contributed by atoms with E-state index in [4.69, 9.17) is 18.3 Å². The lowest BCUT2D eigenvalue weighted by Gasteiger charge is -2.17. The average Bonchev–Trinajstić information content (AvgIpc) is 2.39. The minimum Gasteiger partial charge on any atom is -0.382 e. The second-order valence-corrected chi connectivity index (χ2v) is 5.12. The van der Waals surface area contributed by atoms with E-state index in [1.165, 1.54) is 0 Å². The molecule has 102 valence electrons. The van der Waals surface area contributed by atoms with Crippen LogP contribution in [-0.2, 0) is 29.5 Å². The Balaban J connectivity index is 2.48. The summed E-state index contributed by atoms with van der Waals surface area (Å²) in [5.74, 6) is 0. The van der Waals surface area contributed by atoms with Gasteiger partial charge in [-0.1, -0.05) is 30.3 Å². The van der Waals surface area contributed by atoms with Gasteiger partial charge >= 0.3 is 7.82 Å². The van der Waals surface area contributed by atoms with Crippen LogP contribution in [0.25, 0.3) is 0 Å². The Kier molecular flexibility index (Phi) is 7.16. The van der Waals surface area contributed by atoms with Crippen molar-refractivity contribution in [3.8, 4) is 0 Å². The number of rotatable bonds is 9. The van der Waals surface area contributed by atoms with Gasteiger partial charge in [-0.15, -0.1) is 0 Å². The summed E-state index contributed by atoms with van der Waals surface area (Å²) in [5.41, 5.74) is 0.910. The van der Waals surface area contributed by atoms with Crippen molar-refractivity contribution in [1.82, 2.24) is 0 Å². The van der Waals surface area contributed by atoms with Crippen molar-refractivity contribution in [3.05, 3.63) is 35.9 Å². The van der Waals surface area contributed by atoms with Crippen LogP contribution in [-0.4, -0.2) is 26.9 Å². The van der Waals surface area contributed by atoms with E-state index in [-0.39, 0.29) is 19.8 Å². The highest BCUT2D eigenvalue weighted by molar-refractivity contribution is 7.48. The van der Waals surface area contributed by atoms with Crippen LogP contribution in [0.3, 0.4) is 0 Å². The fourth-order valence-electron chi connectivity index (χ4n) is 1.23. The van der Waals surface area contributed by atoms with Gasteiger partial charge in [0.05, 0.1) is 26.4 Å². The topological polar surface area (TPSA) is 54.0 Å². The first kappa shape index (κ1) is 15.3. The molecule has 1 unspecified atom stereocenters. The van der Waals surface area contributed by atoms with Crippen LogP contribution in [0.4, 0.5) is 0 Å². The van der Waals surface area contributed by atoms with Gasteiger partial charge in [0.15, 0.2) is 0 Å². The Morgan fingerprint density at radius 1 is 1.06 bits per heavy atom. The quantitative estimate of drug-likeness (QED) is 0.512. The average molecular weight is 274 g/mol. The van der Waals surface area contributed by atoms with E-state index in [9.17, 15) is 4.57 Å². The molecule has 0 heterocycles. The zero-order valence-electron chi connectivity index (χ0n) is 10.7. The predicted molar refractivity (Wildman–Crippen MR) is 68.3 cm³/mol. The van der Waals surface area contributed by atoms with Gasteiger partial charge in [-0.3, -0.25) is 13.6 Å². The van der Waals surface area contributed by atoms with E-state index in [0.29, 0.717) is 6.61 Å². The summed E-state index contributed by atoms with van der Waals surface area (Å²) in [6.07, 6.45) is 0. The highest BCUT2D eigenvalue weighted by Crippen LogP contribution is 2.49. The van der Waals surface area contributed by atoms with Crippen molar-refractivity contribution in [1.29, 1.82) is 0 Å². The van der Waals surface area contributed by atoms with Crippen molar-refractivity contribution >= 4 is 7.82 Å². The highest BCUT2D eigenvalue weighted by Gasteiger charge is 2.25. The monoisotopic (exact) mass is 274 g/mol. The molecule has 0 aliphatic heterocycles. The number of ether oxygens (including phenoxy) is 1. The smallest absolute Gasteiger partial charge is 0.382 e. The minimum atomic E-state index is -3.49. The highest BCUT2D eigenvalue weighted by atomic mass is 31.2. The van der Waals surface area contributed by atoms with Crippen molar-refractivity contribution in [2.75, 3.05) is 26.9 Å². The molecule has 0 aliphatic carbocycles. The van der Waals surface area contributed by atoms with Crippen LogP contribution in [0, 0.1) is 0 Å². The molecule has 0 saturated heterocycles. The Morgan fingerprint density at radius 2 is 1.78 bits per heavy atom. The number of hydrogen-bond acceptors (Lipinski definition) is 5. The van der Waals surface area contributed by atoms with Crippen LogP contribution in [0.1, 0.15) is 12.5 Å². The molecule has 0 spiro atoms. The Morgan fingerprint density at radius 3 is 2.39 bits per heavy atom. The number of benzene rings is 1. The maximum atomic E-state index is 12.1. The number of hydrogen-bond donors (Lipinski definition) is 0. The zero-order valence-corrected chi connectivity index (χ0v) is 11.6.